The molecule has 2 aromatic carbocycles. The standard InChI is InChI=1S/C19H17N5O3/c25-18(13-23-16-8-4-5-9-17(16)27-19(23)26)22-15(12-24-20-10-11-21-24)14-6-2-1-3-7-14/h1-11,15H,12-13H2,(H,22,25)/t15-/m1/s1. The summed E-state index contributed by atoms with van der Waals surface area (Å²) in [5, 5.41) is 11.2. The molecule has 0 bridgehead atoms. The maximum atomic E-state index is 12.7. The summed E-state index contributed by atoms with van der Waals surface area (Å²) in [6.45, 7) is 0.246. The Labute approximate surface area is 154 Å². The van der Waals surface area contributed by atoms with Gasteiger partial charge < -0.3 is 9.73 Å². The lowest BCUT2D eigenvalue weighted by Crippen LogP contribution is -2.36. The summed E-state index contributed by atoms with van der Waals surface area (Å²) in [5.74, 6) is -0.860. The summed E-state index contributed by atoms with van der Waals surface area (Å²) >= 11 is 0. The van der Waals surface area contributed by atoms with Gasteiger partial charge in [0.25, 0.3) is 0 Å². The van der Waals surface area contributed by atoms with E-state index in [0.717, 1.165) is 5.56 Å². The Balaban J connectivity index is 1.56. The Morgan fingerprint density at radius 1 is 1.04 bits per heavy atom. The normalized spacial score (nSPS) is 12.1. The van der Waals surface area contributed by atoms with Crippen LogP contribution in [0.3, 0.4) is 0 Å². The molecule has 2 heterocycles. The zero-order chi connectivity index (χ0) is 18.6. The third-order valence-electron chi connectivity index (χ3n) is 4.23. The van der Waals surface area contributed by atoms with E-state index in [1.807, 2.05) is 30.3 Å². The van der Waals surface area contributed by atoms with Crippen LogP contribution in [0.25, 0.3) is 11.1 Å². The second-order valence-corrected chi connectivity index (χ2v) is 6.04. The summed E-state index contributed by atoms with van der Waals surface area (Å²) in [6, 6.07) is 16.2. The number of para-hydroxylation sites is 2. The molecule has 0 radical (unpaired) electrons. The van der Waals surface area contributed by atoms with E-state index in [-0.39, 0.29) is 18.5 Å². The number of oxazole rings is 1. The lowest BCUT2D eigenvalue weighted by Gasteiger charge is -2.19. The second kappa shape index (κ2) is 7.28. The molecule has 0 aliphatic heterocycles. The monoisotopic (exact) mass is 363 g/mol. The zero-order valence-corrected chi connectivity index (χ0v) is 14.4. The van der Waals surface area contributed by atoms with Crippen LogP contribution in [0.2, 0.25) is 0 Å². The van der Waals surface area contributed by atoms with Gasteiger partial charge in [-0.05, 0) is 17.7 Å². The van der Waals surface area contributed by atoms with Crippen LogP contribution in [0.5, 0.6) is 0 Å². The van der Waals surface area contributed by atoms with Gasteiger partial charge in [-0.1, -0.05) is 42.5 Å². The van der Waals surface area contributed by atoms with E-state index in [0.29, 0.717) is 17.6 Å². The lowest BCUT2D eigenvalue weighted by atomic mass is 10.1. The molecule has 27 heavy (non-hydrogen) atoms. The van der Waals surface area contributed by atoms with Crippen molar-refractivity contribution in [3.63, 3.8) is 0 Å². The number of aromatic nitrogens is 4. The minimum absolute atomic E-state index is 0.133. The molecule has 0 aliphatic rings. The van der Waals surface area contributed by atoms with Gasteiger partial charge in [-0.2, -0.15) is 15.0 Å². The van der Waals surface area contributed by atoms with Crippen molar-refractivity contribution in [2.75, 3.05) is 0 Å². The summed E-state index contributed by atoms with van der Waals surface area (Å²) in [7, 11) is 0. The van der Waals surface area contributed by atoms with Gasteiger partial charge in [0.2, 0.25) is 5.91 Å². The van der Waals surface area contributed by atoms with Crippen molar-refractivity contribution >= 4 is 17.0 Å². The quantitative estimate of drug-likeness (QED) is 0.563. The van der Waals surface area contributed by atoms with Gasteiger partial charge in [-0.3, -0.25) is 9.36 Å². The molecule has 8 heteroatoms. The second-order valence-electron chi connectivity index (χ2n) is 6.04. The highest BCUT2D eigenvalue weighted by molar-refractivity contribution is 5.79. The smallest absolute Gasteiger partial charge is 0.408 e. The number of hydrogen-bond acceptors (Lipinski definition) is 5. The van der Waals surface area contributed by atoms with Crippen molar-refractivity contribution in [1.82, 2.24) is 24.9 Å². The molecule has 4 aromatic rings. The predicted molar refractivity (Wildman–Crippen MR) is 97.8 cm³/mol. The lowest BCUT2D eigenvalue weighted by molar-refractivity contribution is -0.122. The minimum Gasteiger partial charge on any atom is -0.408 e. The number of carbonyl (C=O) groups excluding carboxylic acids is 1. The van der Waals surface area contributed by atoms with E-state index in [9.17, 15) is 9.59 Å². The molecule has 0 unspecified atom stereocenters. The number of hydrogen-bond donors (Lipinski definition) is 1. The van der Waals surface area contributed by atoms with Crippen molar-refractivity contribution in [2.45, 2.75) is 19.1 Å². The molecule has 4 rings (SSSR count). The predicted octanol–water partition coefficient (Wildman–Crippen LogP) is 1.74. The molecule has 0 aliphatic carbocycles. The van der Waals surface area contributed by atoms with Gasteiger partial charge in [-0.15, -0.1) is 0 Å². The molecule has 2 aromatic heterocycles. The van der Waals surface area contributed by atoms with Crippen LogP contribution in [-0.2, 0) is 17.9 Å². The third-order valence-corrected chi connectivity index (χ3v) is 4.23. The van der Waals surface area contributed by atoms with Crippen LogP contribution >= 0.6 is 0 Å². The first kappa shape index (κ1) is 16.8. The first-order chi connectivity index (χ1) is 13.2. The van der Waals surface area contributed by atoms with Gasteiger partial charge in [-0.25, -0.2) is 4.79 Å². The fourth-order valence-electron chi connectivity index (χ4n) is 2.97. The Bertz CT molecular complexity index is 1100. The van der Waals surface area contributed by atoms with Gasteiger partial charge in [0.1, 0.15) is 6.54 Å². The van der Waals surface area contributed by atoms with Crippen molar-refractivity contribution in [2.24, 2.45) is 0 Å². The van der Waals surface area contributed by atoms with Crippen LogP contribution in [-0.4, -0.2) is 25.5 Å². The van der Waals surface area contributed by atoms with E-state index in [1.165, 1.54) is 9.36 Å². The molecule has 0 saturated carbocycles. The molecular weight excluding hydrogens is 346 g/mol. The number of benzene rings is 2. The summed E-state index contributed by atoms with van der Waals surface area (Å²) < 4.78 is 6.50. The number of rotatable bonds is 6. The number of amides is 1. The number of fused-ring (bicyclic) bond motifs is 1. The fourth-order valence-corrected chi connectivity index (χ4v) is 2.97. The highest BCUT2D eigenvalue weighted by Crippen LogP contribution is 2.15. The SMILES string of the molecule is O=C(Cn1c(=O)oc2ccccc21)N[C@H](Cn1nccn1)c1ccccc1. The maximum absolute atomic E-state index is 12.7. The van der Waals surface area contributed by atoms with Crippen LogP contribution in [0, 0.1) is 0 Å². The van der Waals surface area contributed by atoms with E-state index in [2.05, 4.69) is 15.5 Å². The highest BCUT2D eigenvalue weighted by Gasteiger charge is 2.18. The fraction of sp³-hybridized carbons (Fsp3) is 0.158. The molecule has 8 nitrogen and oxygen atoms in total. The minimum atomic E-state index is -0.559. The van der Waals surface area contributed by atoms with Crippen molar-refractivity contribution in [3.05, 3.63) is 83.1 Å². The Morgan fingerprint density at radius 2 is 1.74 bits per heavy atom. The summed E-state index contributed by atoms with van der Waals surface area (Å²) in [6.07, 6.45) is 3.17. The third kappa shape index (κ3) is 3.64. The number of nitrogens with one attached hydrogen (secondary N) is 1. The topological polar surface area (TPSA) is 94.9 Å². The average molecular weight is 363 g/mol. The Morgan fingerprint density at radius 3 is 2.52 bits per heavy atom. The first-order valence-electron chi connectivity index (χ1n) is 8.47. The van der Waals surface area contributed by atoms with Crippen LogP contribution in [0.1, 0.15) is 11.6 Å². The largest absolute Gasteiger partial charge is 0.420 e. The van der Waals surface area contributed by atoms with Crippen LogP contribution in [0.15, 0.2) is 76.2 Å². The summed E-state index contributed by atoms with van der Waals surface area (Å²) in [5.41, 5.74) is 1.96. The van der Waals surface area contributed by atoms with Crippen LogP contribution in [0.4, 0.5) is 0 Å². The van der Waals surface area contributed by atoms with Gasteiger partial charge >= 0.3 is 5.76 Å². The maximum Gasteiger partial charge on any atom is 0.420 e. The molecule has 1 N–H and O–H groups in total. The van der Waals surface area contributed by atoms with E-state index < -0.39 is 5.76 Å². The average Bonchev–Trinajstić information content (AvgIpc) is 3.30. The van der Waals surface area contributed by atoms with Crippen molar-refractivity contribution in [1.29, 1.82) is 0 Å². The Kier molecular flexibility index (Phi) is 4.52. The molecule has 0 fully saturated rings. The number of carbonyl (C=O) groups is 1. The van der Waals surface area contributed by atoms with E-state index in [1.54, 1.807) is 36.7 Å². The first-order valence-corrected chi connectivity index (χ1v) is 8.47. The van der Waals surface area contributed by atoms with Crippen LogP contribution < -0.4 is 11.1 Å². The number of nitrogens with zero attached hydrogens (tertiary/aromatic N) is 4. The van der Waals surface area contributed by atoms with Gasteiger partial charge in [0.05, 0.1) is 30.5 Å². The van der Waals surface area contributed by atoms with Gasteiger partial charge in [0.15, 0.2) is 5.58 Å². The van der Waals surface area contributed by atoms with Crippen molar-refractivity contribution < 1.29 is 9.21 Å². The molecule has 0 spiro atoms. The molecular formula is C19H17N5O3. The van der Waals surface area contributed by atoms with E-state index >= 15 is 0 Å². The van der Waals surface area contributed by atoms with E-state index in [4.69, 9.17) is 4.42 Å². The van der Waals surface area contributed by atoms with Crippen molar-refractivity contribution in [3.8, 4) is 0 Å². The summed E-state index contributed by atoms with van der Waals surface area (Å²) in [4.78, 5) is 26.2. The highest BCUT2D eigenvalue weighted by atomic mass is 16.4. The molecule has 1 atom stereocenters. The molecule has 0 saturated heterocycles. The van der Waals surface area contributed by atoms with Gasteiger partial charge in [0, 0.05) is 0 Å². The molecule has 136 valence electrons. The molecule has 1 amide bonds. The Hall–Kier alpha value is -3.68. The zero-order valence-electron chi connectivity index (χ0n) is 14.4.